The highest BCUT2D eigenvalue weighted by atomic mass is 16.5. The number of ether oxygens (including phenoxy) is 1. The predicted molar refractivity (Wildman–Crippen MR) is 68.6 cm³/mol. The summed E-state index contributed by atoms with van der Waals surface area (Å²) < 4.78 is 5.70. The van der Waals surface area contributed by atoms with Gasteiger partial charge in [-0.2, -0.15) is 4.98 Å². The topological polar surface area (TPSA) is 35.0 Å². The average molecular weight is 234 g/mol. The summed E-state index contributed by atoms with van der Waals surface area (Å²) in [5.74, 6) is 2.06. The van der Waals surface area contributed by atoms with E-state index in [1.54, 1.807) is 0 Å². The standard InChI is InChI=1S/C14H22N2O/c1-9(2)12-15-11(14(3,4)5)10-7-6-8-17-13(10)16-12/h9H,6-8H2,1-5H3. The van der Waals surface area contributed by atoms with Gasteiger partial charge in [0, 0.05) is 16.9 Å². The van der Waals surface area contributed by atoms with Crippen LogP contribution in [0.4, 0.5) is 0 Å². The van der Waals surface area contributed by atoms with Crippen LogP contribution in [0.15, 0.2) is 0 Å². The quantitative estimate of drug-likeness (QED) is 0.748. The molecular formula is C14H22N2O. The van der Waals surface area contributed by atoms with Gasteiger partial charge in [-0.15, -0.1) is 0 Å². The zero-order valence-corrected chi connectivity index (χ0v) is 11.5. The van der Waals surface area contributed by atoms with Crippen molar-refractivity contribution in [3.8, 4) is 5.88 Å². The Labute approximate surface area is 104 Å². The summed E-state index contributed by atoms with van der Waals surface area (Å²) in [6, 6.07) is 0. The molecule has 0 unspecified atom stereocenters. The zero-order chi connectivity index (χ0) is 12.6. The molecule has 2 heterocycles. The Balaban J connectivity index is 2.58. The van der Waals surface area contributed by atoms with Crippen LogP contribution in [0, 0.1) is 0 Å². The SMILES string of the molecule is CC(C)c1nc2c(c(C(C)(C)C)n1)CCCO2. The molecule has 3 heteroatoms. The molecule has 1 aliphatic heterocycles. The minimum atomic E-state index is 0.0529. The monoisotopic (exact) mass is 234 g/mol. The van der Waals surface area contributed by atoms with Gasteiger partial charge in [0.15, 0.2) is 0 Å². The largest absolute Gasteiger partial charge is 0.477 e. The first kappa shape index (κ1) is 12.3. The van der Waals surface area contributed by atoms with Gasteiger partial charge < -0.3 is 4.74 Å². The first-order chi connectivity index (χ1) is 7.89. The first-order valence-corrected chi connectivity index (χ1v) is 6.43. The highest BCUT2D eigenvalue weighted by Crippen LogP contribution is 2.33. The van der Waals surface area contributed by atoms with Gasteiger partial charge in [-0.05, 0) is 12.8 Å². The summed E-state index contributed by atoms with van der Waals surface area (Å²) in [4.78, 5) is 9.32. The maximum atomic E-state index is 5.70. The summed E-state index contributed by atoms with van der Waals surface area (Å²) >= 11 is 0. The molecule has 0 saturated heterocycles. The molecule has 0 aliphatic carbocycles. The van der Waals surface area contributed by atoms with Crippen molar-refractivity contribution in [3.63, 3.8) is 0 Å². The second kappa shape index (κ2) is 4.28. The van der Waals surface area contributed by atoms with Gasteiger partial charge in [0.1, 0.15) is 5.82 Å². The van der Waals surface area contributed by atoms with Crippen LogP contribution in [-0.4, -0.2) is 16.6 Å². The van der Waals surface area contributed by atoms with Crippen molar-refractivity contribution >= 4 is 0 Å². The summed E-state index contributed by atoms with van der Waals surface area (Å²) in [6.07, 6.45) is 2.11. The van der Waals surface area contributed by atoms with E-state index in [-0.39, 0.29) is 5.41 Å². The first-order valence-electron chi connectivity index (χ1n) is 6.43. The molecule has 1 aromatic rings. The lowest BCUT2D eigenvalue weighted by molar-refractivity contribution is 0.270. The molecule has 17 heavy (non-hydrogen) atoms. The van der Waals surface area contributed by atoms with Crippen molar-refractivity contribution in [2.24, 2.45) is 0 Å². The molecule has 1 aromatic heterocycles. The van der Waals surface area contributed by atoms with Gasteiger partial charge in [-0.1, -0.05) is 34.6 Å². The van der Waals surface area contributed by atoms with Crippen molar-refractivity contribution in [1.82, 2.24) is 9.97 Å². The Morgan fingerprint density at radius 1 is 1.18 bits per heavy atom. The number of hydrogen-bond acceptors (Lipinski definition) is 3. The minimum Gasteiger partial charge on any atom is -0.477 e. The molecule has 0 saturated carbocycles. The van der Waals surface area contributed by atoms with Crippen LogP contribution in [0.2, 0.25) is 0 Å². The van der Waals surface area contributed by atoms with Gasteiger partial charge in [0.05, 0.1) is 12.3 Å². The van der Waals surface area contributed by atoms with Crippen molar-refractivity contribution in [2.75, 3.05) is 6.61 Å². The highest BCUT2D eigenvalue weighted by molar-refractivity contribution is 5.36. The molecule has 0 atom stereocenters. The predicted octanol–water partition coefficient (Wildman–Crippen LogP) is 3.22. The summed E-state index contributed by atoms with van der Waals surface area (Å²) in [7, 11) is 0. The Kier molecular flexibility index (Phi) is 3.11. The van der Waals surface area contributed by atoms with Crippen molar-refractivity contribution in [1.29, 1.82) is 0 Å². The van der Waals surface area contributed by atoms with Gasteiger partial charge in [-0.3, -0.25) is 0 Å². The van der Waals surface area contributed by atoms with Gasteiger partial charge in [-0.25, -0.2) is 4.98 Å². The third kappa shape index (κ3) is 2.43. The minimum absolute atomic E-state index is 0.0529. The van der Waals surface area contributed by atoms with E-state index in [1.165, 1.54) is 5.56 Å². The van der Waals surface area contributed by atoms with E-state index < -0.39 is 0 Å². The Hall–Kier alpha value is -1.12. The van der Waals surface area contributed by atoms with Crippen LogP contribution in [0.3, 0.4) is 0 Å². The molecule has 0 spiro atoms. The van der Waals surface area contributed by atoms with Crippen LogP contribution in [-0.2, 0) is 11.8 Å². The van der Waals surface area contributed by atoms with E-state index in [0.29, 0.717) is 5.92 Å². The van der Waals surface area contributed by atoms with Crippen molar-refractivity contribution in [2.45, 2.75) is 58.8 Å². The molecule has 94 valence electrons. The lowest BCUT2D eigenvalue weighted by Crippen LogP contribution is -2.23. The second-order valence-electron chi connectivity index (χ2n) is 6.07. The van der Waals surface area contributed by atoms with E-state index in [0.717, 1.165) is 36.8 Å². The number of rotatable bonds is 1. The summed E-state index contributed by atoms with van der Waals surface area (Å²) in [6.45, 7) is 11.6. The van der Waals surface area contributed by atoms with Crippen molar-refractivity contribution < 1.29 is 4.74 Å². The third-order valence-corrected chi connectivity index (χ3v) is 3.02. The van der Waals surface area contributed by atoms with Gasteiger partial charge in [0.25, 0.3) is 0 Å². The van der Waals surface area contributed by atoms with Crippen molar-refractivity contribution in [3.05, 3.63) is 17.1 Å². The van der Waals surface area contributed by atoms with Gasteiger partial charge in [0.2, 0.25) is 5.88 Å². The average Bonchev–Trinajstić information content (AvgIpc) is 2.26. The molecule has 1 aliphatic rings. The molecule has 0 N–H and O–H groups in total. The van der Waals surface area contributed by atoms with Crippen LogP contribution >= 0.6 is 0 Å². The van der Waals surface area contributed by atoms with Crippen LogP contribution in [0.5, 0.6) is 5.88 Å². The fourth-order valence-corrected chi connectivity index (χ4v) is 2.12. The Bertz CT molecular complexity index is 419. The molecule has 0 bridgehead atoms. The summed E-state index contributed by atoms with van der Waals surface area (Å²) in [5, 5.41) is 0. The molecule has 0 aromatic carbocycles. The molecule has 3 nitrogen and oxygen atoms in total. The normalized spacial score (nSPS) is 15.6. The smallest absolute Gasteiger partial charge is 0.220 e. The number of aromatic nitrogens is 2. The molecule has 0 fully saturated rings. The number of fused-ring (bicyclic) bond motifs is 1. The number of nitrogens with zero attached hydrogens (tertiary/aromatic N) is 2. The van der Waals surface area contributed by atoms with E-state index >= 15 is 0 Å². The fourth-order valence-electron chi connectivity index (χ4n) is 2.12. The third-order valence-electron chi connectivity index (χ3n) is 3.02. The number of hydrogen-bond donors (Lipinski definition) is 0. The fraction of sp³-hybridized carbons (Fsp3) is 0.714. The van der Waals surface area contributed by atoms with E-state index in [4.69, 9.17) is 9.72 Å². The van der Waals surface area contributed by atoms with Gasteiger partial charge >= 0.3 is 0 Å². The van der Waals surface area contributed by atoms with E-state index in [2.05, 4.69) is 39.6 Å². The molecule has 2 rings (SSSR count). The lowest BCUT2D eigenvalue weighted by Gasteiger charge is -2.26. The van der Waals surface area contributed by atoms with E-state index in [9.17, 15) is 0 Å². The maximum Gasteiger partial charge on any atom is 0.220 e. The molecule has 0 radical (unpaired) electrons. The van der Waals surface area contributed by atoms with Crippen LogP contribution in [0.25, 0.3) is 0 Å². The van der Waals surface area contributed by atoms with Crippen LogP contribution < -0.4 is 4.74 Å². The molecule has 0 amide bonds. The molecular weight excluding hydrogens is 212 g/mol. The Morgan fingerprint density at radius 2 is 1.88 bits per heavy atom. The lowest BCUT2D eigenvalue weighted by atomic mass is 9.86. The van der Waals surface area contributed by atoms with Crippen LogP contribution in [0.1, 0.15) is 64.0 Å². The maximum absolute atomic E-state index is 5.70. The van der Waals surface area contributed by atoms with E-state index in [1.807, 2.05) is 0 Å². The zero-order valence-electron chi connectivity index (χ0n) is 11.5. The second-order valence-corrected chi connectivity index (χ2v) is 6.07. The Morgan fingerprint density at radius 3 is 2.47 bits per heavy atom. The highest BCUT2D eigenvalue weighted by Gasteiger charge is 2.27. The summed E-state index contributed by atoms with van der Waals surface area (Å²) in [5.41, 5.74) is 2.43.